The third kappa shape index (κ3) is 4.66. The first-order chi connectivity index (χ1) is 6.79. The van der Waals surface area contributed by atoms with Gasteiger partial charge in [0, 0.05) is 0 Å². The second-order valence-corrected chi connectivity index (χ2v) is 2.91. The Morgan fingerprint density at radius 2 is 1.93 bits per heavy atom. The topological polar surface area (TPSA) is 0 Å². The summed E-state index contributed by atoms with van der Waals surface area (Å²) in [6.07, 6.45) is 15.5. The zero-order valence-electron chi connectivity index (χ0n) is 9.46. The maximum Gasteiger partial charge on any atom is -0.0191 e. The Morgan fingerprint density at radius 1 is 1.21 bits per heavy atom. The summed E-state index contributed by atoms with van der Waals surface area (Å²) in [5, 5.41) is 0. The molecule has 0 N–H and O–H groups in total. The van der Waals surface area contributed by atoms with Gasteiger partial charge in [-0.05, 0) is 31.4 Å². The van der Waals surface area contributed by atoms with Crippen molar-refractivity contribution in [1.82, 2.24) is 0 Å². The average molecular weight is 188 g/mol. The minimum absolute atomic E-state index is 1.06. The molecule has 0 aliphatic heterocycles. The van der Waals surface area contributed by atoms with Crippen molar-refractivity contribution >= 4 is 0 Å². The highest BCUT2D eigenvalue weighted by atomic mass is 14.0. The van der Waals surface area contributed by atoms with Crippen molar-refractivity contribution in [1.29, 1.82) is 0 Å². The van der Waals surface area contributed by atoms with Gasteiger partial charge < -0.3 is 0 Å². The average Bonchev–Trinajstić information content (AvgIpc) is 2.22. The Morgan fingerprint density at radius 3 is 2.36 bits per heavy atom. The lowest BCUT2D eigenvalue weighted by Crippen LogP contribution is -1.81. The molecule has 0 aliphatic carbocycles. The molecule has 0 heterocycles. The number of hydrogen-bond acceptors (Lipinski definition) is 0. The molecule has 0 saturated heterocycles. The summed E-state index contributed by atoms with van der Waals surface area (Å²) in [5.74, 6) is 0. The third-order valence-corrected chi connectivity index (χ3v) is 1.87. The van der Waals surface area contributed by atoms with Crippen LogP contribution in [0.2, 0.25) is 0 Å². The van der Waals surface area contributed by atoms with Gasteiger partial charge >= 0.3 is 0 Å². The van der Waals surface area contributed by atoms with Gasteiger partial charge in [0.1, 0.15) is 0 Å². The van der Waals surface area contributed by atoms with Crippen LogP contribution in [-0.2, 0) is 0 Å². The van der Waals surface area contributed by atoms with Crippen LogP contribution in [0.4, 0.5) is 0 Å². The van der Waals surface area contributed by atoms with E-state index in [4.69, 9.17) is 0 Å². The molecule has 0 spiro atoms. The van der Waals surface area contributed by atoms with E-state index in [-0.39, 0.29) is 0 Å². The Bertz CT molecular complexity index is 272. The van der Waals surface area contributed by atoms with Gasteiger partial charge in [-0.25, -0.2) is 0 Å². The Hall–Kier alpha value is -1.30. The van der Waals surface area contributed by atoms with Crippen LogP contribution in [0.15, 0.2) is 60.3 Å². The van der Waals surface area contributed by atoms with Crippen molar-refractivity contribution in [2.24, 2.45) is 0 Å². The van der Waals surface area contributed by atoms with Crippen LogP contribution in [0.1, 0.15) is 27.2 Å². The Balaban J connectivity index is 4.89. The predicted octanol–water partition coefficient (Wildman–Crippen LogP) is 4.59. The van der Waals surface area contributed by atoms with Crippen LogP contribution in [0, 0.1) is 0 Å². The predicted molar refractivity (Wildman–Crippen MR) is 66.3 cm³/mol. The second kappa shape index (κ2) is 8.31. The van der Waals surface area contributed by atoms with E-state index in [1.165, 1.54) is 11.1 Å². The summed E-state index contributed by atoms with van der Waals surface area (Å²) in [6, 6.07) is 0. The molecule has 0 aromatic heterocycles. The summed E-state index contributed by atoms with van der Waals surface area (Å²) in [6.45, 7) is 9.98. The molecule has 0 heteroatoms. The summed E-state index contributed by atoms with van der Waals surface area (Å²) >= 11 is 0. The number of hydrogen-bond donors (Lipinski definition) is 0. The van der Waals surface area contributed by atoms with Gasteiger partial charge in [0.15, 0.2) is 0 Å². The minimum atomic E-state index is 1.06. The quantitative estimate of drug-likeness (QED) is 0.554. The summed E-state index contributed by atoms with van der Waals surface area (Å²) in [7, 11) is 0. The molecule has 0 bridgehead atoms. The van der Waals surface area contributed by atoms with Crippen molar-refractivity contribution in [3.8, 4) is 0 Å². The second-order valence-electron chi connectivity index (χ2n) is 2.91. The third-order valence-electron chi connectivity index (χ3n) is 1.87. The molecular formula is C14H20. The Kier molecular flexibility index (Phi) is 7.53. The number of rotatable bonds is 5. The molecule has 0 unspecified atom stereocenters. The van der Waals surface area contributed by atoms with E-state index < -0.39 is 0 Å². The smallest absolute Gasteiger partial charge is 0.0191 e. The van der Waals surface area contributed by atoms with E-state index in [1.807, 2.05) is 32.1 Å². The fraction of sp³-hybridized carbons (Fsp3) is 0.286. The molecule has 0 rings (SSSR count). The highest BCUT2D eigenvalue weighted by Crippen LogP contribution is 2.13. The van der Waals surface area contributed by atoms with Gasteiger partial charge in [0.2, 0.25) is 0 Å². The normalized spacial score (nSPS) is 14.2. The zero-order valence-corrected chi connectivity index (χ0v) is 9.46. The van der Waals surface area contributed by atoms with Crippen molar-refractivity contribution < 1.29 is 0 Å². The van der Waals surface area contributed by atoms with E-state index >= 15 is 0 Å². The summed E-state index contributed by atoms with van der Waals surface area (Å²) < 4.78 is 0. The molecule has 0 amide bonds. The van der Waals surface area contributed by atoms with Crippen LogP contribution in [0.3, 0.4) is 0 Å². The van der Waals surface area contributed by atoms with Crippen molar-refractivity contribution in [2.75, 3.05) is 0 Å². The van der Waals surface area contributed by atoms with Crippen molar-refractivity contribution in [3.05, 3.63) is 60.3 Å². The highest BCUT2D eigenvalue weighted by molar-refractivity contribution is 5.47. The lowest BCUT2D eigenvalue weighted by Gasteiger charge is -2.01. The lowest BCUT2D eigenvalue weighted by atomic mass is 10.0. The largest absolute Gasteiger partial charge is 0.0985 e. The van der Waals surface area contributed by atoms with Crippen LogP contribution >= 0.6 is 0 Å². The molecule has 0 aromatic carbocycles. The molecule has 0 saturated carbocycles. The minimum Gasteiger partial charge on any atom is -0.0985 e. The van der Waals surface area contributed by atoms with Gasteiger partial charge in [-0.3, -0.25) is 0 Å². The zero-order chi connectivity index (χ0) is 10.8. The van der Waals surface area contributed by atoms with E-state index in [9.17, 15) is 0 Å². The van der Waals surface area contributed by atoms with Crippen molar-refractivity contribution in [2.45, 2.75) is 27.2 Å². The van der Waals surface area contributed by atoms with Crippen molar-refractivity contribution in [3.63, 3.8) is 0 Å². The van der Waals surface area contributed by atoms with Crippen LogP contribution in [0.25, 0.3) is 0 Å². The maximum atomic E-state index is 3.80. The molecule has 0 nitrogen and oxygen atoms in total. The number of allylic oxidation sites excluding steroid dienone is 9. The first-order valence-corrected chi connectivity index (χ1v) is 5.08. The van der Waals surface area contributed by atoms with E-state index in [0.717, 1.165) is 6.42 Å². The van der Waals surface area contributed by atoms with E-state index in [1.54, 1.807) is 0 Å². The lowest BCUT2D eigenvalue weighted by molar-refractivity contribution is 1.22. The summed E-state index contributed by atoms with van der Waals surface area (Å²) in [5.41, 5.74) is 2.38. The molecule has 0 radical (unpaired) electrons. The Labute approximate surface area is 88.0 Å². The van der Waals surface area contributed by atoms with Gasteiger partial charge in [-0.15, -0.1) is 0 Å². The van der Waals surface area contributed by atoms with Crippen LogP contribution in [-0.4, -0.2) is 0 Å². The SMILES string of the molecule is C=CC(=C/C)/C(/C=C\CC)=C\C=C/C. The van der Waals surface area contributed by atoms with Gasteiger partial charge in [0.05, 0.1) is 0 Å². The van der Waals surface area contributed by atoms with Gasteiger partial charge in [-0.2, -0.15) is 0 Å². The maximum absolute atomic E-state index is 3.80. The standard InChI is InChI=1S/C14H20/c1-5-9-11-14(12-10-6-2)13(7-3)8-4/h5,7-12H,3,6H2,1-2,4H3/b9-5-,12-10-,13-8-,14-11-. The van der Waals surface area contributed by atoms with E-state index in [2.05, 4.69) is 37.8 Å². The first-order valence-electron chi connectivity index (χ1n) is 5.08. The molecule has 0 atom stereocenters. The molecule has 0 aromatic rings. The monoisotopic (exact) mass is 188 g/mol. The first kappa shape index (κ1) is 12.7. The molecule has 76 valence electrons. The van der Waals surface area contributed by atoms with Crippen LogP contribution < -0.4 is 0 Å². The van der Waals surface area contributed by atoms with Gasteiger partial charge in [0.25, 0.3) is 0 Å². The fourth-order valence-electron chi connectivity index (χ4n) is 1.10. The molecule has 0 aliphatic rings. The molecule has 0 fully saturated rings. The molecular weight excluding hydrogens is 168 g/mol. The van der Waals surface area contributed by atoms with E-state index in [0.29, 0.717) is 0 Å². The van der Waals surface area contributed by atoms with Crippen LogP contribution in [0.5, 0.6) is 0 Å². The van der Waals surface area contributed by atoms with Gasteiger partial charge in [-0.1, -0.05) is 56.0 Å². The molecule has 14 heavy (non-hydrogen) atoms. The summed E-state index contributed by atoms with van der Waals surface area (Å²) in [4.78, 5) is 0. The fourth-order valence-corrected chi connectivity index (χ4v) is 1.10. The highest BCUT2D eigenvalue weighted by Gasteiger charge is 1.93.